The summed E-state index contributed by atoms with van der Waals surface area (Å²) in [6.45, 7) is 2.05. The van der Waals surface area contributed by atoms with E-state index in [1.807, 2.05) is 55.5 Å². The summed E-state index contributed by atoms with van der Waals surface area (Å²) in [4.78, 5) is 11.9. The van der Waals surface area contributed by atoms with E-state index in [2.05, 4.69) is 15.9 Å². The van der Waals surface area contributed by atoms with E-state index in [0.29, 0.717) is 11.3 Å². The number of halogens is 1. The fourth-order valence-corrected chi connectivity index (χ4v) is 1.77. The van der Waals surface area contributed by atoms with Gasteiger partial charge in [0, 0.05) is 10.0 Å². The number of benzene rings is 2. The van der Waals surface area contributed by atoms with E-state index in [9.17, 15) is 4.79 Å². The first-order valence-electron chi connectivity index (χ1n) is 5.63. The molecule has 92 valence electrons. The monoisotopic (exact) mass is 304 g/mol. The number of ketones is 1. The zero-order chi connectivity index (χ0) is 13.0. The molecule has 0 fully saturated rings. The molecule has 0 radical (unpaired) electrons. The molecule has 2 rings (SSSR count). The predicted molar refractivity (Wildman–Crippen MR) is 75.1 cm³/mol. The lowest BCUT2D eigenvalue weighted by Crippen LogP contribution is -2.11. The maximum atomic E-state index is 11.9. The summed E-state index contributed by atoms with van der Waals surface area (Å²) in [5, 5.41) is 0. The third-order valence-electron chi connectivity index (χ3n) is 2.56. The van der Waals surface area contributed by atoms with Crippen LogP contribution in [-0.2, 0) is 0 Å². The van der Waals surface area contributed by atoms with Crippen molar-refractivity contribution < 1.29 is 9.53 Å². The fraction of sp³-hybridized carbons (Fsp3) is 0.133. The third-order valence-corrected chi connectivity index (χ3v) is 3.09. The Hall–Kier alpha value is -1.61. The summed E-state index contributed by atoms with van der Waals surface area (Å²) in [5.41, 5.74) is 1.82. The summed E-state index contributed by atoms with van der Waals surface area (Å²) in [6.07, 6.45) is 0. The van der Waals surface area contributed by atoms with Crippen molar-refractivity contribution in [2.75, 3.05) is 6.61 Å². The van der Waals surface area contributed by atoms with Gasteiger partial charge in [0.25, 0.3) is 0 Å². The summed E-state index contributed by atoms with van der Waals surface area (Å²) < 4.78 is 6.42. The largest absolute Gasteiger partial charge is 0.485 e. The van der Waals surface area contributed by atoms with E-state index in [-0.39, 0.29) is 12.4 Å². The molecular formula is C15H13BrO2. The van der Waals surface area contributed by atoms with E-state index in [1.165, 1.54) is 0 Å². The van der Waals surface area contributed by atoms with Crippen molar-refractivity contribution >= 4 is 21.7 Å². The molecule has 0 aliphatic rings. The number of ether oxygens (including phenoxy) is 1. The van der Waals surface area contributed by atoms with Gasteiger partial charge in [-0.2, -0.15) is 0 Å². The Morgan fingerprint density at radius 2 is 1.67 bits per heavy atom. The Bertz CT molecular complexity index is 529. The van der Waals surface area contributed by atoms with Crippen LogP contribution < -0.4 is 4.74 Å². The molecule has 0 amide bonds. The summed E-state index contributed by atoms with van der Waals surface area (Å²) in [7, 11) is 0. The molecule has 0 saturated carbocycles. The van der Waals surface area contributed by atoms with E-state index in [1.54, 1.807) is 0 Å². The lowest BCUT2D eigenvalue weighted by atomic mass is 10.1. The second kappa shape index (κ2) is 5.83. The van der Waals surface area contributed by atoms with Crippen molar-refractivity contribution in [2.45, 2.75) is 6.92 Å². The molecule has 0 atom stereocenters. The number of rotatable bonds is 4. The molecule has 2 aromatic rings. The van der Waals surface area contributed by atoms with Gasteiger partial charge in [0.05, 0.1) is 0 Å². The van der Waals surface area contributed by atoms with Crippen LogP contribution in [-0.4, -0.2) is 12.4 Å². The zero-order valence-electron chi connectivity index (χ0n) is 10.0. The van der Waals surface area contributed by atoms with Gasteiger partial charge in [0.2, 0.25) is 0 Å². The van der Waals surface area contributed by atoms with Crippen LogP contribution in [0.15, 0.2) is 53.0 Å². The first kappa shape index (κ1) is 12.8. The Morgan fingerprint density at radius 1 is 1.06 bits per heavy atom. The highest BCUT2D eigenvalue weighted by Crippen LogP contribution is 2.16. The van der Waals surface area contributed by atoms with Gasteiger partial charge in [-0.1, -0.05) is 45.8 Å². The topological polar surface area (TPSA) is 26.3 Å². The quantitative estimate of drug-likeness (QED) is 0.798. The molecule has 2 nitrogen and oxygen atoms in total. The molecule has 0 spiro atoms. The molecule has 0 saturated heterocycles. The normalized spacial score (nSPS) is 10.1. The van der Waals surface area contributed by atoms with E-state index in [0.717, 1.165) is 10.0 Å². The van der Waals surface area contributed by atoms with Gasteiger partial charge in [-0.05, 0) is 31.2 Å². The lowest BCUT2D eigenvalue weighted by Gasteiger charge is -2.05. The fourth-order valence-electron chi connectivity index (χ4n) is 1.50. The number of aryl methyl sites for hydroxylation is 1. The van der Waals surface area contributed by atoms with Crippen LogP contribution in [0.1, 0.15) is 15.9 Å². The van der Waals surface area contributed by atoms with Crippen molar-refractivity contribution in [1.82, 2.24) is 0 Å². The van der Waals surface area contributed by atoms with Crippen LogP contribution in [0.2, 0.25) is 0 Å². The minimum atomic E-state index is -0.0158. The van der Waals surface area contributed by atoms with Crippen LogP contribution in [0.25, 0.3) is 0 Å². The first-order valence-corrected chi connectivity index (χ1v) is 6.43. The molecule has 0 bridgehead atoms. The van der Waals surface area contributed by atoms with Crippen molar-refractivity contribution in [2.24, 2.45) is 0 Å². The van der Waals surface area contributed by atoms with Crippen molar-refractivity contribution in [1.29, 1.82) is 0 Å². The molecule has 0 heterocycles. The molecule has 0 aliphatic heterocycles. The minimum Gasteiger partial charge on any atom is -0.485 e. The van der Waals surface area contributed by atoms with Gasteiger partial charge < -0.3 is 4.74 Å². The van der Waals surface area contributed by atoms with Gasteiger partial charge in [0.1, 0.15) is 5.75 Å². The number of carbonyl (C=O) groups excluding carboxylic acids is 1. The number of hydrogen-bond acceptors (Lipinski definition) is 2. The maximum absolute atomic E-state index is 11.9. The maximum Gasteiger partial charge on any atom is 0.200 e. The van der Waals surface area contributed by atoms with Gasteiger partial charge in [0.15, 0.2) is 12.4 Å². The highest BCUT2D eigenvalue weighted by molar-refractivity contribution is 9.10. The zero-order valence-corrected chi connectivity index (χ0v) is 11.6. The van der Waals surface area contributed by atoms with E-state index < -0.39 is 0 Å². The van der Waals surface area contributed by atoms with E-state index in [4.69, 9.17) is 4.74 Å². The smallest absolute Gasteiger partial charge is 0.200 e. The highest BCUT2D eigenvalue weighted by atomic mass is 79.9. The Kier molecular flexibility index (Phi) is 4.15. The first-order chi connectivity index (χ1) is 8.65. The molecule has 0 unspecified atom stereocenters. The Balaban J connectivity index is 1.96. The van der Waals surface area contributed by atoms with E-state index >= 15 is 0 Å². The van der Waals surface area contributed by atoms with Gasteiger partial charge >= 0.3 is 0 Å². The van der Waals surface area contributed by atoms with Crippen LogP contribution >= 0.6 is 15.9 Å². The molecule has 0 aliphatic carbocycles. The average molecular weight is 305 g/mol. The van der Waals surface area contributed by atoms with Gasteiger partial charge in [-0.15, -0.1) is 0 Å². The molecule has 0 N–H and O–H groups in total. The second-order valence-electron chi connectivity index (χ2n) is 4.03. The predicted octanol–water partition coefficient (Wildman–Crippen LogP) is 4.02. The summed E-state index contributed by atoms with van der Waals surface area (Å²) in [6, 6.07) is 14.9. The standard InChI is InChI=1S/C15H13BrO2/c1-11-2-4-12(5-3-11)15(17)10-18-14-8-6-13(16)7-9-14/h2-9H,10H2,1H3. The minimum absolute atomic E-state index is 0.0158. The number of carbonyl (C=O) groups is 1. The van der Waals surface area contributed by atoms with Crippen molar-refractivity contribution in [3.8, 4) is 5.75 Å². The Labute approximate surface area is 115 Å². The van der Waals surface area contributed by atoms with Gasteiger partial charge in [-0.25, -0.2) is 0 Å². The van der Waals surface area contributed by atoms with Crippen LogP contribution in [0.3, 0.4) is 0 Å². The van der Waals surface area contributed by atoms with Crippen LogP contribution in [0.4, 0.5) is 0 Å². The third kappa shape index (κ3) is 3.44. The summed E-state index contributed by atoms with van der Waals surface area (Å²) >= 11 is 3.35. The van der Waals surface area contributed by atoms with Crippen molar-refractivity contribution in [3.63, 3.8) is 0 Å². The summed E-state index contributed by atoms with van der Waals surface area (Å²) in [5.74, 6) is 0.677. The average Bonchev–Trinajstić information content (AvgIpc) is 2.38. The molecular weight excluding hydrogens is 292 g/mol. The molecule has 18 heavy (non-hydrogen) atoms. The number of Topliss-reactive ketones (excluding diaryl/α,β-unsaturated/α-hetero) is 1. The van der Waals surface area contributed by atoms with Gasteiger partial charge in [-0.3, -0.25) is 4.79 Å². The molecule has 2 aromatic carbocycles. The highest BCUT2D eigenvalue weighted by Gasteiger charge is 2.06. The number of hydrogen-bond donors (Lipinski definition) is 0. The second-order valence-corrected chi connectivity index (χ2v) is 4.95. The lowest BCUT2D eigenvalue weighted by molar-refractivity contribution is 0.0921. The van der Waals surface area contributed by atoms with Crippen LogP contribution in [0.5, 0.6) is 5.75 Å². The SMILES string of the molecule is Cc1ccc(C(=O)COc2ccc(Br)cc2)cc1. The molecule has 3 heteroatoms. The molecule has 0 aromatic heterocycles. The van der Waals surface area contributed by atoms with Crippen LogP contribution in [0, 0.1) is 6.92 Å². The van der Waals surface area contributed by atoms with Crippen molar-refractivity contribution in [3.05, 3.63) is 64.1 Å². The Morgan fingerprint density at radius 3 is 2.28 bits per heavy atom.